The lowest BCUT2D eigenvalue weighted by atomic mass is 9.91. The van der Waals surface area contributed by atoms with Crippen LogP contribution in [0.5, 0.6) is 0 Å². The first-order chi connectivity index (χ1) is 12.5. The van der Waals surface area contributed by atoms with Crippen LogP contribution >= 0.6 is 0 Å². The smallest absolute Gasteiger partial charge is 0.410 e. The van der Waals surface area contributed by atoms with Crippen LogP contribution in [0, 0.1) is 11.5 Å². The van der Waals surface area contributed by atoms with Crippen LogP contribution in [0.2, 0.25) is 19.6 Å². The molecule has 0 N–H and O–H groups in total. The van der Waals surface area contributed by atoms with Gasteiger partial charge in [0.25, 0.3) is 0 Å². The van der Waals surface area contributed by atoms with E-state index in [1.165, 1.54) is 0 Å². The molecule has 0 bridgehead atoms. The van der Waals surface area contributed by atoms with E-state index in [-0.39, 0.29) is 11.9 Å². The van der Waals surface area contributed by atoms with E-state index in [9.17, 15) is 9.59 Å². The number of Topliss-reactive ketones (excluding diaryl/α,β-unsaturated/α-hetero) is 1. The van der Waals surface area contributed by atoms with Crippen molar-refractivity contribution in [2.45, 2.75) is 71.8 Å². The van der Waals surface area contributed by atoms with Gasteiger partial charge < -0.3 is 9.64 Å². The van der Waals surface area contributed by atoms with Gasteiger partial charge in [0.15, 0.2) is 5.78 Å². The second-order valence-corrected chi connectivity index (χ2v) is 13.8. The summed E-state index contributed by atoms with van der Waals surface area (Å²) in [5.74, 6) is 3.31. The van der Waals surface area contributed by atoms with Crippen molar-refractivity contribution < 1.29 is 14.3 Å². The van der Waals surface area contributed by atoms with E-state index >= 15 is 0 Å². The standard InChI is InChI=1S/C22H31NO3Si/c1-22(2,3)26-21(25)23-14-13-18-17(16-23)10-9-11-19(18)20(24)12-7-8-15-27(4,5)6/h9-11H,7,12-14,16H2,1-6H3. The first-order valence-corrected chi connectivity index (χ1v) is 13.1. The molecule has 0 atom stereocenters. The lowest BCUT2D eigenvalue weighted by molar-refractivity contribution is 0.0224. The third-order valence-corrected chi connectivity index (χ3v) is 5.09. The summed E-state index contributed by atoms with van der Waals surface area (Å²) in [6, 6.07) is 5.79. The van der Waals surface area contributed by atoms with Crippen LogP contribution in [0.15, 0.2) is 18.2 Å². The summed E-state index contributed by atoms with van der Waals surface area (Å²) in [5, 5.41) is 0. The number of hydrogen-bond donors (Lipinski definition) is 0. The highest BCUT2D eigenvalue weighted by Crippen LogP contribution is 2.25. The number of nitrogens with zero attached hydrogens (tertiary/aromatic N) is 1. The Morgan fingerprint density at radius 2 is 1.93 bits per heavy atom. The zero-order valence-corrected chi connectivity index (χ0v) is 18.4. The lowest BCUT2D eigenvalue weighted by Gasteiger charge is -2.32. The van der Waals surface area contributed by atoms with Gasteiger partial charge in [-0.2, -0.15) is 0 Å². The van der Waals surface area contributed by atoms with E-state index in [0.717, 1.165) is 16.7 Å². The van der Waals surface area contributed by atoms with E-state index in [0.29, 0.717) is 32.4 Å². The van der Waals surface area contributed by atoms with Crippen molar-refractivity contribution in [2.75, 3.05) is 6.54 Å². The molecule has 1 aliphatic heterocycles. The van der Waals surface area contributed by atoms with Gasteiger partial charge in [0.1, 0.15) is 13.7 Å². The van der Waals surface area contributed by atoms with Gasteiger partial charge in [0.05, 0.1) is 0 Å². The van der Waals surface area contributed by atoms with Crippen molar-refractivity contribution in [1.82, 2.24) is 4.90 Å². The molecule has 146 valence electrons. The molecule has 4 nitrogen and oxygen atoms in total. The molecule has 1 heterocycles. The third kappa shape index (κ3) is 6.55. The summed E-state index contributed by atoms with van der Waals surface area (Å²) < 4.78 is 5.47. The molecule has 0 saturated heterocycles. The highest BCUT2D eigenvalue weighted by Gasteiger charge is 2.27. The van der Waals surface area contributed by atoms with Gasteiger partial charge in [-0.3, -0.25) is 4.79 Å². The fourth-order valence-corrected chi connectivity index (χ4v) is 3.65. The van der Waals surface area contributed by atoms with Crippen LogP contribution in [0.1, 0.15) is 55.1 Å². The molecule has 5 heteroatoms. The van der Waals surface area contributed by atoms with E-state index in [2.05, 4.69) is 31.1 Å². The number of hydrogen-bond acceptors (Lipinski definition) is 3. The van der Waals surface area contributed by atoms with Gasteiger partial charge >= 0.3 is 6.09 Å². The van der Waals surface area contributed by atoms with Gasteiger partial charge in [0, 0.05) is 31.5 Å². The van der Waals surface area contributed by atoms with E-state index in [1.54, 1.807) is 4.90 Å². The Hall–Kier alpha value is -2.06. The molecular formula is C22H31NO3Si. The van der Waals surface area contributed by atoms with Crippen molar-refractivity contribution >= 4 is 20.0 Å². The molecule has 1 aliphatic rings. The maximum Gasteiger partial charge on any atom is 0.410 e. The molecule has 0 fully saturated rings. The Morgan fingerprint density at radius 1 is 1.22 bits per heavy atom. The molecule has 0 aliphatic carbocycles. The van der Waals surface area contributed by atoms with Crippen LogP contribution in [0.25, 0.3) is 0 Å². The molecule has 0 saturated carbocycles. The number of amides is 1. The monoisotopic (exact) mass is 385 g/mol. The Kier molecular flexibility index (Phi) is 6.53. The van der Waals surface area contributed by atoms with Gasteiger partial charge in [-0.1, -0.05) is 37.8 Å². The first kappa shape index (κ1) is 21.2. The number of carbonyl (C=O) groups is 2. The first-order valence-electron chi connectivity index (χ1n) is 9.58. The minimum atomic E-state index is -1.39. The molecule has 0 spiro atoms. The van der Waals surface area contributed by atoms with E-state index in [1.807, 2.05) is 39.0 Å². The zero-order chi connectivity index (χ0) is 20.2. The summed E-state index contributed by atoms with van der Waals surface area (Å²) in [6.45, 7) is 13.3. The molecule has 0 radical (unpaired) electrons. The minimum absolute atomic E-state index is 0.141. The molecule has 0 unspecified atom stereocenters. The molecule has 1 aromatic rings. The number of carbonyl (C=O) groups excluding carboxylic acids is 2. The summed E-state index contributed by atoms with van der Waals surface area (Å²) >= 11 is 0. The highest BCUT2D eigenvalue weighted by atomic mass is 28.3. The van der Waals surface area contributed by atoms with Crippen molar-refractivity contribution in [3.8, 4) is 11.5 Å². The summed E-state index contributed by atoms with van der Waals surface area (Å²) in [6.07, 6.45) is 1.43. The van der Waals surface area contributed by atoms with Crippen LogP contribution in [-0.2, 0) is 17.7 Å². The average molecular weight is 386 g/mol. The SMILES string of the molecule is CC(C)(C)OC(=O)N1CCc2c(cccc2C(=O)CCC#C[Si](C)(C)C)C1. The molecular weight excluding hydrogens is 354 g/mol. The van der Waals surface area contributed by atoms with E-state index in [4.69, 9.17) is 4.74 Å². The van der Waals surface area contributed by atoms with Gasteiger partial charge in [-0.15, -0.1) is 11.5 Å². The molecule has 27 heavy (non-hydrogen) atoms. The number of rotatable bonds is 3. The zero-order valence-electron chi connectivity index (χ0n) is 17.4. The van der Waals surface area contributed by atoms with Gasteiger partial charge in [0.2, 0.25) is 0 Å². The quantitative estimate of drug-likeness (QED) is 0.425. The van der Waals surface area contributed by atoms with E-state index < -0.39 is 13.7 Å². The second-order valence-electron chi connectivity index (χ2n) is 9.07. The Bertz CT molecular complexity index is 775. The fourth-order valence-electron chi connectivity index (χ4n) is 2.99. The topological polar surface area (TPSA) is 46.6 Å². The van der Waals surface area contributed by atoms with Crippen LogP contribution in [0.3, 0.4) is 0 Å². The highest BCUT2D eigenvalue weighted by molar-refractivity contribution is 6.83. The van der Waals surface area contributed by atoms with Crippen molar-refractivity contribution in [2.24, 2.45) is 0 Å². The van der Waals surface area contributed by atoms with Crippen molar-refractivity contribution in [1.29, 1.82) is 0 Å². The average Bonchev–Trinajstić information content (AvgIpc) is 2.55. The summed E-state index contributed by atoms with van der Waals surface area (Å²) in [5.41, 5.74) is 5.69. The normalized spacial score (nSPS) is 14.1. The predicted molar refractivity (Wildman–Crippen MR) is 111 cm³/mol. The van der Waals surface area contributed by atoms with Crippen molar-refractivity contribution in [3.05, 3.63) is 34.9 Å². The maximum atomic E-state index is 12.7. The molecule has 1 amide bonds. The van der Waals surface area contributed by atoms with Gasteiger partial charge in [-0.05, 0) is 38.3 Å². The Morgan fingerprint density at radius 3 is 2.56 bits per heavy atom. The Labute approximate surface area is 164 Å². The minimum Gasteiger partial charge on any atom is -0.444 e. The predicted octanol–water partition coefficient (Wildman–Crippen LogP) is 4.82. The molecule has 1 aromatic carbocycles. The summed E-state index contributed by atoms with van der Waals surface area (Å²) in [4.78, 5) is 26.7. The number of ether oxygens (including phenoxy) is 1. The third-order valence-electron chi connectivity index (χ3n) is 4.16. The Balaban J connectivity index is 2.07. The number of fused-ring (bicyclic) bond motifs is 1. The number of benzene rings is 1. The second kappa shape index (κ2) is 8.31. The largest absolute Gasteiger partial charge is 0.444 e. The molecule has 0 aromatic heterocycles. The lowest BCUT2D eigenvalue weighted by Crippen LogP contribution is -2.40. The van der Waals surface area contributed by atoms with Gasteiger partial charge in [-0.25, -0.2) is 4.79 Å². The fraction of sp³-hybridized carbons (Fsp3) is 0.545. The van der Waals surface area contributed by atoms with Crippen LogP contribution < -0.4 is 0 Å². The van der Waals surface area contributed by atoms with Crippen molar-refractivity contribution in [3.63, 3.8) is 0 Å². The summed E-state index contributed by atoms with van der Waals surface area (Å²) in [7, 11) is -1.39. The number of ketones is 1. The van der Waals surface area contributed by atoms with Crippen LogP contribution in [0.4, 0.5) is 4.79 Å². The maximum absolute atomic E-state index is 12.7. The molecule has 2 rings (SSSR count). The van der Waals surface area contributed by atoms with Crippen LogP contribution in [-0.4, -0.2) is 37.0 Å².